The van der Waals surface area contributed by atoms with Crippen molar-refractivity contribution in [2.45, 2.75) is 18.9 Å². The fourth-order valence-electron chi connectivity index (χ4n) is 2.71. The number of hydrogen-bond acceptors (Lipinski definition) is 3. The maximum absolute atomic E-state index is 11.5. The average molecular weight is 261 g/mol. The van der Waals surface area contributed by atoms with Gasteiger partial charge in [0, 0.05) is 10.7 Å². The number of carboxylic acids is 1. The van der Waals surface area contributed by atoms with Gasteiger partial charge in [-0.25, -0.2) is 0 Å². The fourth-order valence-corrected chi connectivity index (χ4v) is 3.70. The van der Waals surface area contributed by atoms with E-state index in [-0.39, 0.29) is 6.04 Å². The van der Waals surface area contributed by atoms with Crippen molar-refractivity contribution < 1.29 is 9.90 Å². The van der Waals surface area contributed by atoms with Gasteiger partial charge in [0.1, 0.15) is 0 Å². The molecule has 94 valence electrons. The monoisotopic (exact) mass is 261 g/mol. The minimum Gasteiger partial charge on any atom is -0.481 e. The van der Waals surface area contributed by atoms with E-state index >= 15 is 0 Å². The SMILES string of the molecule is CNC(c1csc2ccccc12)C1(C(=O)O)CC1. The third-order valence-corrected chi connectivity index (χ3v) is 4.86. The zero-order valence-electron chi connectivity index (χ0n) is 10.1. The molecule has 1 heterocycles. The second-order valence-corrected chi connectivity index (χ2v) is 5.78. The summed E-state index contributed by atoms with van der Waals surface area (Å²) in [5, 5.41) is 15.9. The number of thiophene rings is 1. The van der Waals surface area contributed by atoms with Crippen LogP contribution < -0.4 is 5.32 Å². The second kappa shape index (κ2) is 4.07. The van der Waals surface area contributed by atoms with Gasteiger partial charge in [0.05, 0.1) is 5.41 Å². The highest BCUT2D eigenvalue weighted by molar-refractivity contribution is 7.17. The third-order valence-electron chi connectivity index (χ3n) is 3.88. The molecular weight excluding hydrogens is 246 g/mol. The molecule has 1 aliphatic rings. The number of nitrogens with one attached hydrogen (secondary N) is 1. The predicted molar refractivity (Wildman–Crippen MR) is 72.9 cm³/mol. The predicted octanol–water partition coefficient (Wildman–Crippen LogP) is 3.03. The van der Waals surface area contributed by atoms with Crippen molar-refractivity contribution in [3.8, 4) is 0 Å². The van der Waals surface area contributed by atoms with E-state index < -0.39 is 11.4 Å². The molecule has 2 N–H and O–H groups in total. The van der Waals surface area contributed by atoms with Gasteiger partial charge in [-0.15, -0.1) is 11.3 Å². The molecule has 0 aliphatic heterocycles. The summed E-state index contributed by atoms with van der Waals surface area (Å²) >= 11 is 1.68. The highest BCUT2D eigenvalue weighted by Crippen LogP contribution is 2.56. The van der Waals surface area contributed by atoms with Gasteiger partial charge in [-0.3, -0.25) is 4.79 Å². The molecule has 4 heteroatoms. The number of fused-ring (bicyclic) bond motifs is 1. The van der Waals surface area contributed by atoms with E-state index in [1.807, 2.05) is 19.2 Å². The summed E-state index contributed by atoms with van der Waals surface area (Å²) in [5.41, 5.74) is 0.525. The average Bonchev–Trinajstić information content (AvgIpc) is 3.07. The van der Waals surface area contributed by atoms with Gasteiger partial charge < -0.3 is 10.4 Å². The van der Waals surface area contributed by atoms with Crippen LogP contribution in [0.25, 0.3) is 10.1 Å². The van der Waals surface area contributed by atoms with Crippen molar-refractivity contribution in [1.29, 1.82) is 0 Å². The summed E-state index contributed by atoms with van der Waals surface area (Å²) in [5.74, 6) is -0.683. The molecule has 1 aliphatic carbocycles. The van der Waals surface area contributed by atoms with E-state index in [0.29, 0.717) is 0 Å². The molecule has 18 heavy (non-hydrogen) atoms. The lowest BCUT2D eigenvalue weighted by molar-refractivity contribution is -0.144. The minimum atomic E-state index is -0.683. The molecule has 3 rings (SSSR count). The first-order chi connectivity index (χ1) is 8.69. The molecule has 1 atom stereocenters. The Morgan fingerprint density at radius 2 is 2.17 bits per heavy atom. The zero-order chi connectivity index (χ0) is 12.8. The minimum absolute atomic E-state index is 0.0915. The molecule has 0 spiro atoms. The lowest BCUT2D eigenvalue weighted by Gasteiger charge is -2.23. The summed E-state index contributed by atoms with van der Waals surface area (Å²) in [7, 11) is 1.85. The maximum Gasteiger partial charge on any atom is 0.311 e. The molecule has 0 amide bonds. The highest BCUT2D eigenvalue weighted by atomic mass is 32.1. The molecule has 1 saturated carbocycles. The number of aliphatic carboxylic acids is 1. The van der Waals surface area contributed by atoms with Crippen LogP contribution in [0.1, 0.15) is 24.4 Å². The summed E-state index contributed by atoms with van der Waals surface area (Å²) in [4.78, 5) is 11.5. The van der Waals surface area contributed by atoms with Gasteiger partial charge in [0.2, 0.25) is 0 Å². The van der Waals surface area contributed by atoms with E-state index in [4.69, 9.17) is 0 Å². The molecule has 1 aromatic heterocycles. The smallest absolute Gasteiger partial charge is 0.311 e. The second-order valence-electron chi connectivity index (χ2n) is 4.87. The quantitative estimate of drug-likeness (QED) is 0.889. The first-order valence-corrected chi connectivity index (χ1v) is 6.94. The summed E-state index contributed by atoms with van der Waals surface area (Å²) in [6, 6.07) is 8.08. The Labute approximate surface area is 109 Å². The first kappa shape index (κ1) is 11.7. The maximum atomic E-state index is 11.5. The van der Waals surface area contributed by atoms with Crippen LogP contribution in [0.15, 0.2) is 29.6 Å². The normalized spacial score (nSPS) is 18.7. The van der Waals surface area contributed by atoms with Crippen molar-refractivity contribution in [2.24, 2.45) is 5.41 Å². The largest absolute Gasteiger partial charge is 0.481 e. The number of carboxylic acid groups (broad SMARTS) is 1. The Kier molecular flexibility index (Phi) is 2.64. The van der Waals surface area contributed by atoms with E-state index in [2.05, 4.69) is 22.8 Å². The highest BCUT2D eigenvalue weighted by Gasteiger charge is 2.56. The molecule has 0 radical (unpaired) electrons. The lowest BCUT2D eigenvalue weighted by atomic mass is 9.90. The van der Waals surface area contributed by atoms with E-state index in [1.54, 1.807) is 11.3 Å². The molecule has 1 unspecified atom stereocenters. The molecule has 1 aromatic carbocycles. The summed E-state index contributed by atoms with van der Waals surface area (Å²) < 4.78 is 1.22. The van der Waals surface area contributed by atoms with Crippen molar-refractivity contribution in [2.75, 3.05) is 7.05 Å². The zero-order valence-corrected chi connectivity index (χ0v) is 11.0. The first-order valence-electron chi connectivity index (χ1n) is 6.06. The van der Waals surface area contributed by atoms with Crippen LogP contribution in [0.3, 0.4) is 0 Å². The standard InChI is InChI=1S/C14H15NO2S/c1-15-12(14(6-7-14)13(16)17)10-8-18-11-5-3-2-4-9(10)11/h2-5,8,12,15H,6-7H2,1H3,(H,16,17). The number of benzene rings is 1. The van der Waals surface area contributed by atoms with Crippen molar-refractivity contribution in [1.82, 2.24) is 5.32 Å². The van der Waals surface area contributed by atoms with Crippen molar-refractivity contribution >= 4 is 27.4 Å². The van der Waals surface area contributed by atoms with Crippen LogP contribution in [0.4, 0.5) is 0 Å². The number of carbonyl (C=O) groups is 1. The van der Waals surface area contributed by atoms with Gasteiger partial charge in [0.15, 0.2) is 0 Å². The van der Waals surface area contributed by atoms with Crippen LogP contribution in [0.2, 0.25) is 0 Å². The molecule has 0 bridgehead atoms. The fraction of sp³-hybridized carbons (Fsp3) is 0.357. The Hall–Kier alpha value is -1.39. The lowest BCUT2D eigenvalue weighted by Crippen LogP contribution is -2.32. The Balaban J connectivity index is 2.10. The van der Waals surface area contributed by atoms with Gasteiger partial charge in [0.25, 0.3) is 0 Å². The Morgan fingerprint density at radius 1 is 1.44 bits per heavy atom. The van der Waals surface area contributed by atoms with Crippen LogP contribution in [0, 0.1) is 5.41 Å². The van der Waals surface area contributed by atoms with E-state index in [0.717, 1.165) is 18.4 Å². The van der Waals surface area contributed by atoms with Crippen LogP contribution in [-0.4, -0.2) is 18.1 Å². The van der Waals surface area contributed by atoms with Gasteiger partial charge >= 0.3 is 5.97 Å². The van der Waals surface area contributed by atoms with Crippen LogP contribution in [-0.2, 0) is 4.79 Å². The summed E-state index contributed by atoms with van der Waals surface area (Å²) in [6.07, 6.45) is 1.52. The molecule has 2 aromatic rings. The van der Waals surface area contributed by atoms with Crippen LogP contribution in [0.5, 0.6) is 0 Å². The molecule has 1 fully saturated rings. The van der Waals surface area contributed by atoms with E-state index in [9.17, 15) is 9.90 Å². The van der Waals surface area contributed by atoms with Gasteiger partial charge in [-0.1, -0.05) is 18.2 Å². The molecule has 3 nitrogen and oxygen atoms in total. The molecule has 0 saturated heterocycles. The van der Waals surface area contributed by atoms with Crippen molar-refractivity contribution in [3.05, 3.63) is 35.2 Å². The Morgan fingerprint density at radius 3 is 2.78 bits per heavy atom. The Bertz CT molecular complexity index is 601. The van der Waals surface area contributed by atoms with E-state index in [1.165, 1.54) is 10.1 Å². The summed E-state index contributed by atoms with van der Waals surface area (Å²) in [6.45, 7) is 0. The topological polar surface area (TPSA) is 49.3 Å². The van der Waals surface area contributed by atoms with Crippen LogP contribution >= 0.6 is 11.3 Å². The third kappa shape index (κ3) is 1.56. The number of rotatable bonds is 4. The van der Waals surface area contributed by atoms with Crippen molar-refractivity contribution in [3.63, 3.8) is 0 Å². The molecular formula is C14H15NO2S. The van der Waals surface area contributed by atoms with Gasteiger partial charge in [-0.05, 0) is 42.3 Å². The number of hydrogen-bond donors (Lipinski definition) is 2. The van der Waals surface area contributed by atoms with Gasteiger partial charge in [-0.2, -0.15) is 0 Å².